The molecule has 0 aliphatic carbocycles. The zero-order valence-corrected chi connectivity index (χ0v) is 14.1. The van der Waals surface area contributed by atoms with Gasteiger partial charge in [-0.1, -0.05) is 47.1 Å². The largest absolute Gasteiger partial charge is 0.314 e. The quantitative estimate of drug-likeness (QED) is 0.483. The van der Waals surface area contributed by atoms with Crippen molar-refractivity contribution in [3.8, 4) is 5.69 Å². The van der Waals surface area contributed by atoms with Crippen LogP contribution in [0.5, 0.6) is 0 Å². The number of fused-ring (bicyclic) bond motifs is 1. The smallest absolute Gasteiger partial charge is 0.0531 e. The first-order valence-electron chi connectivity index (χ1n) is 7.11. The van der Waals surface area contributed by atoms with Crippen LogP contribution >= 0.6 is 15.9 Å². The first-order valence-corrected chi connectivity index (χ1v) is 7.90. The van der Waals surface area contributed by atoms with Gasteiger partial charge in [0, 0.05) is 21.2 Å². The second kappa shape index (κ2) is 7.28. The van der Waals surface area contributed by atoms with E-state index in [0.29, 0.717) is 0 Å². The van der Waals surface area contributed by atoms with Crippen molar-refractivity contribution in [2.75, 3.05) is 0 Å². The third kappa shape index (κ3) is 3.64. The lowest BCUT2D eigenvalue weighted by Gasteiger charge is -2.08. The Labute approximate surface area is 135 Å². The Balaban J connectivity index is 0.000000361. The fraction of sp³-hybridized carbons (Fsp3) is 0.158. The number of benzene rings is 2. The van der Waals surface area contributed by atoms with E-state index in [-0.39, 0.29) is 0 Å². The van der Waals surface area contributed by atoms with Crippen LogP contribution in [0.4, 0.5) is 0 Å². The zero-order valence-electron chi connectivity index (χ0n) is 12.5. The minimum atomic E-state index is 1.08. The highest BCUT2D eigenvalue weighted by molar-refractivity contribution is 9.10. The predicted molar refractivity (Wildman–Crippen MR) is 96.2 cm³/mol. The fourth-order valence-corrected chi connectivity index (χ4v) is 2.49. The van der Waals surface area contributed by atoms with Gasteiger partial charge in [-0.3, -0.25) is 0 Å². The molecular weight excluding hydrogens is 322 g/mol. The van der Waals surface area contributed by atoms with Crippen LogP contribution in [0.15, 0.2) is 71.7 Å². The number of hydrogen-bond donors (Lipinski definition) is 0. The summed E-state index contributed by atoms with van der Waals surface area (Å²) in [7, 11) is 0. The van der Waals surface area contributed by atoms with E-state index in [1.165, 1.54) is 22.3 Å². The van der Waals surface area contributed by atoms with E-state index in [2.05, 4.69) is 95.5 Å². The lowest BCUT2D eigenvalue weighted by atomic mass is 10.2. The molecule has 108 valence electrons. The van der Waals surface area contributed by atoms with Crippen molar-refractivity contribution in [2.45, 2.75) is 20.3 Å². The molecule has 21 heavy (non-hydrogen) atoms. The Hall–Kier alpha value is -1.80. The summed E-state index contributed by atoms with van der Waals surface area (Å²) >= 11 is 3.47. The summed E-state index contributed by atoms with van der Waals surface area (Å²) in [6.45, 7) is 7.68. The molecule has 1 heterocycles. The van der Waals surface area contributed by atoms with E-state index in [0.717, 1.165) is 10.9 Å². The molecule has 2 aromatic carbocycles. The van der Waals surface area contributed by atoms with E-state index in [1.807, 2.05) is 6.08 Å². The van der Waals surface area contributed by atoms with Crippen molar-refractivity contribution >= 4 is 26.8 Å². The van der Waals surface area contributed by atoms with Gasteiger partial charge in [-0.05, 0) is 49.7 Å². The van der Waals surface area contributed by atoms with Crippen LogP contribution in [0, 0.1) is 6.92 Å². The van der Waals surface area contributed by atoms with E-state index in [9.17, 15) is 0 Å². The molecule has 1 aromatic heterocycles. The van der Waals surface area contributed by atoms with Gasteiger partial charge in [-0.2, -0.15) is 0 Å². The van der Waals surface area contributed by atoms with E-state index >= 15 is 0 Å². The summed E-state index contributed by atoms with van der Waals surface area (Å²) < 4.78 is 3.39. The third-order valence-corrected chi connectivity index (χ3v) is 3.80. The second-order valence-electron chi connectivity index (χ2n) is 4.85. The highest BCUT2D eigenvalue weighted by atomic mass is 79.9. The number of allylic oxidation sites excluding steroid dienone is 1. The molecule has 0 atom stereocenters. The molecule has 1 nitrogen and oxygen atoms in total. The van der Waals surface area contributed by atoms with Gasteiger partial charge in [0.25, 0.3) is 0 Å². The Bertz CT molecular complexity index is 723. The molecule has 0 fully saturated rings. The summed E-state index contributed by atoms with van der Waals surface area (Å²) in [5.41, 5.74) is 3.72. The van der Waals surface area contributed by atoms with Crippen LogP contribution in [0.25, 0.3) is 16.6 Å². The predicted octanol–water partition coefficient (Wildman–Crippen LogP) is 6.28. The average Bonchev–Trinajstić information content (AvgIpc) is 2.84. The topological polar surface area (TPSA) is 4.93 Å². The van der Waals surface area contributed by atoms with Gasteiger partial charge in [0.1, 0.15) is 0 Å². The number of halogens is 1. The van der Waals surface area contributed by atoms with Gasteiger partial charge >= 0.3 is 0 Å². The molecule has 0 unspecified atom stereocenters. The van der Waals surface area contributed by atoms with Crippen molar-refractivity contribution in [1.29, 1.82) is 0 Å². The molecule has 0 bridgehead atoms. The Morgan fingerprint density at radius 3 is 2.33 bits per heavy atom. The average molecular weight is 342 g/mol. The van der Waals surface area contributed by atoms with Gasteiger partial charge in [-0.25, -0.2) is 0 Å². The summed E-state index contributed by atoms with van der Waals surface area (Å²) in [5.74, 6) is 0. The summed E-state index contributed by atoms with van der Waals surface area (Å²) in [6.07, 6.45) is 2.96. The lowest BCUT2D eigenvalue weighted by Crippen LogP contribution is -1.95. The summed E-state index contributed by atoms with van der Waals surface area (Å²) in [5, 5.41) is 1.29. The maximum atomic E-state index is 3.48. The van der Waals surface area contributed by atoms with E-state index < -0.39 is 0 Å². The molecule has 0 radical (unpaired) electrons. The lowest BCUT2D eigenvalue weighted by molar-refractivity contribution is 1.05. The minimum Gasteiger partial charge on any atom is -0.314 e. The normalized spacial score (nSPS) is 10.0. The first kappa shape index (κ1) is 15.6. The molecule has 0 N–H and O–H groups in total. The zero-order chi connectivity index (χ0) is 15.2. The molecule has 0 saturated heterocycles. The van der Waals surface area contributed by atoms with Gasteiger partial charge in [0.15, 0.2) is 0 Å². The third-order valence-electron chi connectivity index (χ3n) is 3.27. The Morgan fingerprint density at radius 2 is 1.71 bits per heavy atom. The van der Waals surface area contributed by atoms with Crippen LogP contribution < -0.4 is 0 Å². The molecule has 0 saturated carbocycles. The number of rotatable bonds is 2. The number of para-hydroxylation sites is 1. The number of aryl methyl sites for hydroxylation is 1. The Kier molecular flexibility index (Phi) is 5.40. The second-order valence-corrected chi connectivity index (χ2v) is 5.77. The maximum Gasteiger partial charge on any atom is 0.0531 e. The molecule has 0 aliphatic rings. The van der Waals surface area contributed by atoms with Gasteiger partial charge in [-0.15, -0.1) is 6.58 Å². The summed E-state index contributed by atoms with van der Waals surface area (Å²) in [4.78, 5) is 0. The fourth-order valence-electron chi connectivity index (χ4n) is 2.23. The highest BCUT2D eigenvalue weighted by Gasteiger charge is 2.06. The van der Waals surface area contributed by atoms with Crippen molar-refractivity contribution in [1.82, 2.24) is 4.57 Å². The number of aromatic nitrogens is 1. The standard InChI is InChI=1S/C15H12BrN.C4H8/c1-11-10-12-4-2-3-5-15(12)17(11)14-8-6-13(16)7-9-14;1-3-4-2/h2-10H,1H3;3H,1,4H2,2H3. The van der Waals surface area contributed by atoms with Crippen molar-refractivity contribution in [3.63, 3.8) is 0 Å². The van der Waals surface area contributed by atoms with Crippen LogP contribution in [-0.2, 0) is 0 Å². The monoisotopic (exact) mass is 341 g/mol. The number of hydrogen-bond acceptors (Lipinski definition) is 0. The van der Waals surface area contributed by atoms with Gasteiger partial charge in [0.05, 0.1) is 5.52 Å². The van der Waals surface area contributed by atoms with Gasteiger partial charge < -0.3 is 4.57 Å². The minimum absolute atomic E-state index is 1.08. The molecule has 0 amide bonds. The maximum absolute atomic E-state index is 3.48. The molecule has 2 heteroatoms. The summed E-state index contributed by atoms with van der Waals surface area (Å²) in [6, 6.07) is 19.1. The van der Waals surface area contributed by atoms with Crippen molar-refractivity contribution in [3.05, 3.63) is 77.4 Å². The van der Waals surface area contributed by atoms with Crippen LogP contribution in [0.2, 0.25) is 0 Å². The van der Waals surface area contributed by atoms with Crippen LogP contribution in [-0.4, -0.2) is 4.57 Å². The molecule has 3 aromatic rings. The van der Waals surface area contributed by atoms with Crippen LogP contribution in [0.1, 0.15) is 19.0 Å². The first-order chi connectivity index (χ1) is 10.2. The van der Waals surface area contributed by atoms with Crippen molar-refractivity contribution in [2.24, 2.45) is 0 Å². The molecular formula is C19H20BrN. The van der Waals surface area contributed by atoms with Crippen LogP contribution in [0.3, 0.4) is 0 Å². The molecule has 3 rings (SSSR count). The number of nitrogens with zero attached hydrogens (tertiary/aromatic N) is 1. The Morgan fingerprint density at radius 1 is 1.10 bits per heavy atom. The highest BCUT2D eigenvalue weighted by Crippen LogP contribution is 2.24. The van der Waals surface area contributed by atoms with E-state index in [1.54, 1.807) is 0 Å². The van der Waals surface area contributed by atoms with Crippen molar-refractivity contribution < 1.29 is 0 Å². The SMILES string of the molecule is C=CCC.Cc1cc2ccccc2n1-c1ccc(Br)cc1. The van der Waals surface area contributed by atoms with Gasteiger partial charge in [0.2, 0.25) is 0 Å². The molecule has 0 aliphatic heterocycles. The van der Waals surface area contributed by atoms with E-state index in [4.69, 9.17) is 0 Å². The molecule has 0 spiro atoms.